The molecule has 1 amide bonds. The van der Waals surface area contributed by atoms with Crippen molar-refractivity contribution in [2.45, 2.75) is 26.3 Å². The van der Waals surface area contributed by atoms with Gasteiger partial charge < -0.3 is 19.7 Å². The van der Waals surface area contributed by atoms with Gasteiger partial charge in [0.2, 0.25) is 5.91 Å². The fourth-order valence-corrected chi connectivity index (χ4v) is 4.60. The first-order chi connectivity index (χ1) is 14.6. The quantitative estimate of drug-likeness (QED) is 0.760. The molecule has 4 rings (SSSR count). The maximum atomic E-state index is 12.8. The van der Waals surface area contributed by atoms with Gasteiger partial charge in [0.05, 0.1) is 25.8 Å². The lowest BCUT2D eigenvalue weighted by Gasteiger charge is -2.34. The third-order valence-corrected chi connectivity index (χ3v) is 6.38. The molecule has 1 atom stereocenters. The molecule has 0 bridgehead atoms. The molecule has 2 aliphatic rings. The van der Waals surface area contributed by atoms with E-state index in [-0.39, 0.29) is 17.9 Å². The smallest absolute Gasteiger partial charge is 0.234 e. The van der Waals surface area contributed by atoms with Gasteiger partial charge in [0.1, 0.15) is 0 Å². The lowest BCUT2D eigenvalue weighted by molar-refractivity contribution is -0.123. The average Bonchev–Trinajstić information content (AvgIpc) is 3.18. The Morgan fingerprint density at radius 2 is 1.93 bits per heavy atom. The molecule has 0 saturated carbocycles. The number of carbonyl (C=O) groups excluding carboxylic acids is 1. The number of carbonyl (C=O) groups is 1. The highest BCUT2D eigenvalue weighted by atomic mass is 32.1. The van der Waals surface area contributed by atoms with Crippen LogP contribution in [-0.2, 0) is 4.79 Å². The van der Waals surface area contributed by atoms with E-state index in [1.54, 1.807) is 11.3 Å². The second-order valence-electron chi connectivity index (χ2n) is 8.12. The number of aromatic nitrogens is 1. The van der Waals surface area contributed by atoms with Crippen LogP contribution in [0.1, 0.15) is 31.9 Å². The van der Waals surface area contributed by atoms with Gasteiger partial charge in [-0.2, -0.15) is 0 Å². The summed E-state index contributed by atoms with van der Waals surface area (Å²) in [7, 11) is 0. The van der Waals surface area contributed by atoms with E-state index >= 15 is 0 Å². The Bertz CT molecular complexity index is 835. The van der Waals surface area contributed by atoms with E-state index in [1.807, 2.05) is 29.8 Å². The van der Waals surface area contributed by atoms with Gasteiger partial charge in [-0.15, -0.1) is 11.3 Å². The first-order valence-corrected chi connectivity index (χ1v) is 11.5. The molecule has 1 aromatic heterocycles. The minimum atomic E-state index is -0.0636. The monoisotopic (exact) mass is 430 g/mol. The van der Waals surface area contributed by atoms with Crippen LogP contribution in [0.5, 0.6) is 11.5 Å². The van der Waals surface area contributed by atoms with Crippen LogP contribution in [0.4, 0.5) is 5.13 Å². The number of anilines is 1. The van der Waals surface area contributed by atoms with Gasteiger partial charge in [-0.05, 0) is 23.6 Å². The number of amides is 1. The summed E-state index contributed by atoms with van der Waals surface area (Å²) in [4.78, 5) is 21.7. The Morgan fingerprint density at radius 3 is 2.63 bits per heavy atom. The van der Waals surface area contributed by atoms with Crippen molar-refractivity contribution >= 4 is 22.4 Å². The van der Waals surface area contributed by atoms with Crippen molar-refractivity contribution in [1.82, 2.24) is 15.2 Å². The number of nitrogens with one attached hydrogen (secondary N) is 1. The van der Waals surface area contributed by atoms with Gasteiger partial charge in [-0.25, -0.2) is 4.98 Å². The van der Waals surface area contributed by atoms with Gasteiger partial charge in [0.25, 0.3) is 0 Å². The molecule has 7 nitrogen and oxygen atoms in total. The van der Waals surface area contributed by atoms with Gasteiger partial charge in [-0.3, -0.25) is 9.69 Å². The summed E-state index contributed by atoms with van der Waals surface area (Å²) in [5.41, 5.74) is 1.05. The van der Waals surface area contributed by atoms with Crippen LogP contribution in [-0.4, -0.2) is 61.7 Å². The van der Waals surface area contributed by atoms with Crippen molar-refractivity contribution in [3.8, 4) is 11.5 Å². The van der Waals surface area contributed by atoms with Crippen molar-refractivity contribution in [1.29, 1.82) is 0 Å². The topological polar surface area (TPSA) is 66.9 Å². The Balaban J connectivity index is 1.34. The van der Waals surface area contributed by atoms with Crippen molar-refractivity contribution in [3.63, 3.8) is 0 Å². The number of piperazine rings is 1. The van der Waals surface area contributed by atoms with E-state index in [0.717, 1.165) is 54.8 Å². The predicted molar refractivity (Wildman–Crippen MR) is 119 cm³/mol. The zero-order chi connectivity index (χ0) is 20.9. The van der Waals surface area contributed by atoms with Crippen LogP contribution in [0, 0.1) is 5.92 Å². The molecule has 0 aliphatic carbocycles. The summed E-state index contributed by atoms with van der Waals surface area (Å²) in [5.74, 6) is 1.87. The Kier molecular flexibility index (Phi) is 6.74. The predicted octanol–water partition coefficient (Wildman–Crippen LogP) is 2.94. The molecule has 0 radical (unpaired) electrons. The Labute approximate surface area is 182 Å². The molecule has 0 spiro atoms. The summed E-state index contributed by atoms with van der Waals surface area (Å²) in [6, 6.07) is 5.94. The van der Waals surface area contributed by atoms with E-state index in [1.165, 1.54) is 0 Å². The number of hydrogen-bond donors (Lipinski definition) is 1. The lowest BCUT2D eigenvalue weighted by atomic mass is 9.95. The van der Waals surface area contributed by atoms with Gasteiger partial charge in [-0.1, -0.05) is 19.9 Å². The normalized spacial score (nSPS) is 18.2. The van der Waals surface area contributed by atoms with E-state index in [2.05, 4.69) is 33.9 Å². The van der Waals surface area contributed by atoms with Crippen LogP contribution in [0.3, 0.4) is 0 Å². The van der Waals surface area contributed by atoms with Gasteiger partial charge in [0, 0.05) is 44.2 Å². The number of thiazole rings is 1. The molecule has 1 fully saturated rings. The molecular weight excluding hydrogens is 400 g/mol. The zero-order valence-electron chi connectivity index (χ0n) is 17.7. The maximum Gasteiger partial charge on any atom is 0.234 e. The first-order valence-electron chi connectivity index (χ1n) is 10.7. The summed E-state index contributed by atoms with van der Waals surface area (Å²) >= 11 is 1.66. The molecule has 8 heteroatoms. The largest absolute Gasteiger partial charge is 0.490 e. The molecule has 2 aliphatic heterocycles. The third-order valence-electron chi connectivity index (χ3n) is 5.54. The number of rotatable bonds is 6. The molecule has 1 saturated heterocycles. The second-order valence-corrected chi connectivity index (χ2v) is 9.00. The summed E-state index contributed by atoms with van der Waals surface area (Å²) in [6.07, 6.45) is 2.72. The standard InChI is InChI=1S/C22H30N4O3S/c1-16(2)21(17-4-5-18-19(14-17)29-12-3-11-28-18)24-20(27)15-25-7-9-26(10-8-25)22-23-6-13-30-22/h4-6,13-14,16,21H,3,7-12,15H2,1-2H3,(H,24,27)/t21-/m0/s1. The van der Waals surface area contributed by atoms with E-state index in [9.17, 15) is 4.79 Å². The van der Waals surface area contributed by atoms with Gasteiger partial charge >= 0.3 is 0 Å². The van der Waals surface area contributed by atoms with E-state index < -0.39 is 0 Å². The highest BCUT2D eigenvalue weighted by molar-refractivity contribution is 7.13. The van der Waals surface area contributed by atoms with Crippen LogP contribution in [0.25, 0.3) is 0 Å². The third kappa shape index (κ3) is 5.05. The Morgan fingerprint density at radius 1 is 1.17 bits per heavy atom. The van der Waals surface area contributed by atoms with Crippen molar-refractivity contribution in [3.05, 3.63) is 35.3 Å². The van der Waals surface area contributed by atoms with Gasteiger partial charge in [0.15, 0.2) is 16.6 Å². The number of ether oxygens (including phenoxy) is 2. The van der Waals surface area contributed by atoms with E-state index in [4.69, 9.17) is 9.47 Å². The summed E-state index contributed by atoms with van der Waals surface area (Å²) in [6.45, 7) is 9.52. The highest BCUT2D eigenvalue weighted by Crippen LogP contribution is 2.34. The van der Waals surface area contributed by atoms with Crippen molar-refractivity contribution < 1.29 is 14.3 Å². The zero-order valence-corrected chi connectivity index (χ0v) is 18.5. The van der Waals surface area contributed by atoms with Crippen LogP contribution in [0.15, 0.2) is 29.8 Å². The molecule has 162 valence electrons. The molecule has 3 heterocycles. The van der Waals surface area contributed by atoms with Crippen LogP contribution < -0.4 is 19.7 Å². The van der Waals surface area contributed by atoms with Crippen LogP contribution >= 0.6 is 11.3 Å². The Hall–Kier alpha value is -2.32. The second kappa shape index (κ2) is 9.66. The molecule has 2 aromatic rings. The molecule has 0 unspecified atom stereocenters. The van der Waals surface area contributed by atoms with Crippen molar-refractivity contribution in [2.75, 3.05) is 50.8 Å². The van der Waals surface area contributed by atoms with Crippen molar-refractivity contribution in [2.24, 2.45) is 5.92 Å². The molecule has 1 N–H and O–H groups in total. The fourth-order valence-electron chi connectivity index (χ4n) is 3.90. The number of nitrogens with zero attached hydrogens (tertiary/aromatic N) is 3. The summed E-state index contributed by atoms with van der Waals surface area (Å²) < 4.78 is 11.6. The summed E-state index contributed by atoms with van der Waals surface area (Å²) in [5, 5.41) is 6.30. The average molecular weight is 431 g/mol. The van der Waals surface area contributed by atoms with Crippen LogP contribution in [0.2, 0.25) is 0 Å². The highest BCUT2D eigenvalue weighted by Gasteiger charge is 2.24. The number of hydrogen-bond acceptors (Lipinski definition) is 7. The SMILES string of the molecule is CC(C)[C@H](NC(=O)CN1CCN(c2nccs2)CC1)c1ccc2c(c1)OCCCO2. The van der Waals surface area contributed by atoms with E-state index in [0.29, 0.717) is 19.8 Å². The molecule has 30 heavy (non-hydrogen) atoms. The minimum absolute atomic E-state index is 0.0588. The molecular formula is C22H30N4O3S. The number of fused-ring (bicyclic) bond motifs is 1. The first kappa shape index (κ1) is 20.9. The lowest BCUT2D eigenvalue weighted by Crippen LogP contribution is -2.50. The molecule has 1 aromatic carbocycles. The fraction of sp³-hybridized carbons (Fsp3) is 0.545. The number of benzene rings is 1. The minimum Gasteiger partial charge on any atom is -0.490 e. The maximum absolute atomic E-state index is 12.8.